The summed E-state index contributed by atoms with van der Waals surface area (Å²) >= 11 is 0. The fourth-order valence-electron chi connectivity index (χ4n) is 3.06. The summed E-state index contributed by atoms with van der Waals surface area (Å²) in [6.07, 6.45) is 6.57. The Labute approximate surface area is 146 Å². The first kappa shape index (κ1) is 15.8. The van der Waals surface area contributed by atoms with Gasteiger partial charge in [-0.2, -0.15) is 5.10 Å². The van der Waals surface area contributed by atoms with Crippen molar-refractivity contribution in [1.82, 2.24) is 19.7 Å². The van der Waals surface area contributed by atoms with Gasteiger partial charge in [-0.15, -0.1) is 0 Å². The Kier molecular flexibility index (Phi) is 4.43. The van der Waals surface area contributed by atoms with Crippen molar-refractivity contribution in [2.45, 2.75) is 25.8 Å². The van der Waals surface area contributed by atoms with Gasteiger partial charge in [0, 0.05) is 36.9 Å². The molecule has 128 valence electrons. The molecule has 1 N–H and O–H groups in total. The van der Waals surface area contributed by atoms with E-state index in [0.717, 1.165) is 42.4 Å². The Hall–Kier alpha value is -2.73. The van der Waals surface area contributed by atoms with Crippen molar-refractivity contribution in [3.63, 3.8) is 0 Å². The predicted molar refractivity (Wildman–Crippen MR) is 95.8 cm³/mol. The molecule has 1 saturated heterocycles. The first-order chi connectivity index (χ1) is 12.3. The summed E-state index contributed by atoms with van der Waals surface area (Å²) in [5, 5.41) is 7.83. The van der Waals surface area contributed by atoms with Crippen LogP contribution in [0.2, 0.25) is 0 Å². The van der Waals surface area contributed by atoms with Gasteiger partial charge in [0.1, 0.15) is 12.1 Å². The van der Waals surface area contributed by atoms with E-state index in [2.05, 4.69) is 39.4 Å². The number of aryl methyl sites for hydroxylation is 1. The van der Waals surface area contributed by atoms with E-state index in [-0.39, 0.29) is 0 Å². The maximum absolute atomic E-state index is 5.44. The van der Waals surface area contributed by atoms with Gasteiger partial charge in [0.25, 0.3) is 0 Å². The van der Waals surface area contributed by atoms with Gasteiger partial charge in [-0.1, -0.05) is 18.2 Å². The van der Waals surface area contributed by atoms with E-state index >= 15 is 0 Å². The first-order valence-corrected chi connectivity index (χ1v) is 8.53. The van der Waals surface area contributed by atoms with Gasteiger partial charge >= 0.3 is 0 Å². The van der Waals surface area contributed by atoms with Gasteiger partial charge in [-0.05, 0) is 25.0 Å². The number of hydrogen-bond acceptors (Lipinski definition) is 5. The molecule has 1 atom stereocenters. The van der Waals surface area contributed by atoms with Gasteiger partial charge in [0.05, 0.1) is 24.2 Å². The van der Waals surface area contributed by atoms with Gasteiger partial charge in [-0.25, -0.2) is 14.6 Å². The van der Waals surface area contributed by atoms with E-state index < -0.39 is 0 Å². The summed E-state index contributed by atoms with van der Waals surface area (Å²) < 4.78 is 7.35. The van der Waals surface area contributed by atoms with E-state index in [1.165, 1.54) is 5.56 Å². The second kappa shape index (κ2) is 7.03. The van der Waals surface area contributed by atoms with Crippen molar-refractivity contribution in [3.8, 4) is 5.69 Å². The van der Waals surface area contributed by atoms with Gasteiger partial charge < -0.3 is 10.1 Å². The maximum Gasteiger partial charge on any atom is 0.129 e. The quantitative estimate of drug-likeness (QED) is 0.776. The van der Waals surface area contributed by atoms with Crippen LogP contribution < -0.4 is 5.32 Å². The second-order valence-electron chi connectivity index (χ2n) is 6.32. The minimum absolute atomic E-state index is 0.382. The summed E-state index contributed by atoms with van der Waals surface area (Å²) in [5.41, 5.74) is 4.45. The van der Waals surface area contributed by atoms with Crippen LogP contribution in [0.1, 0.15) is 29.2 Å². The van der Waals surface area contributed by atoms with Gasteiger partial charge in [-0.3, -0.25) is 0 Å². The molecule has 0 spiro atoms. The fraction of sp³-hybridized carbons (Fsp3) is 0.316. The average molecular weight is 335 g/mol. The van der Waals surface area contributed by atoms with Crippen LogP contribution in [0.5, 0.6) is 0 Å². The third-order valence-corrected chi connectivity index (χ3v) is 4.51. The standard InChI is InChI=1S/C19H21N5O/c1-14-4-2-3-5-18(14)24-11-15(10-23-24)9-20-19-8-17(21-13-22-19)16-6-7-25-12-16/h2-5,8,10-11,13,16H,6-7,9,12H2,1H3,(H,20,21,22)/t16-/m1/s1. The molecule has 1 aromatic carbocycles. The van der Waals surface area contributed by atoms with Gasteiger partial charge in [0.2, 0.25) is 0 Å². The van der Waals surface area contributed by atoms with Crippen LogP contribution in [0, 0.1) is 6.92 Å². The number of aromatic nitrogens is 4. The Morgan fingerprint density at radius 1 is 1.28 bits per heavy atom. The smallest absolute Gasteiger partial charge is 0.129 e. The molecule has 1 aliphatic heterocycles. The number of benzene rings is 1. The van der Waals surface area contributed by atoms with E-state index in [9.17, 15) is 0 Å². The van der Waals surface area contributed by atoms with Crippen molar-refractivity contribution >= 4 is 5.82 Å². The number of nitrogens with zero attached hydrogens (tertiary/aromatic N) is 4. The molecule has 25 heavy (non-hydrogen) atoms. The van der Waals surface area contributed by atoms with Crippen LogP contribution in [0.15, 0.2) is 49.1 Å². The first-order valence-electron chi connectivity index (χ1n) is 8.53. The third kappa shape index (κ3) is 3.53. The molecule has 0 radical (unpaired) electrons. The van der Waals surface area contributed by atoms with Crippen molar-refractivity contribution in [2.24, 2.45) is 0 Å². The minimum atomic E-state index is 0.382. The highest BCUT2D eigenvalue weighted by Crippen LogP contribution is 2.24. The van der Waals surface area contributed by atoms with E-state index in [1.54, 1.807) is 6.33 Å². The summed E-state index contributed by atoms with van der Waals surface area (Å²) in [6, 6.07) is 10.2. The van der Waals surface area contributed by atoms with Crippen LogP contribution in [0.25, 0.3) is 5.69 Å². The normalized spacial score (nSPS) is 16.9. The van der Waals surface area contributed by atoms with Crippen molar-refractivity contribution < 1.29 is 4.74 Å². The molecule has 1 fully saturated rings. The molecule has 6 nitrogen and oxygen atoms in total. The number of hydrogen-bond donors (Lipinski definition) is 1. The maximum atomic E-state index is 5.44. The lowest BCUT2D eigenvalue weighted by Gasteiger charge is -2.09. The second-order valence-corrected chi connectivity index (χ2v) is 6.32. The largest absolute Gasteiger partial charge is 0.381 e. The Morgan fingerprint density at radius 2 is 2.20 bits per heavy atom. The lowest BCUT2D eigenvalue weighted by atomic mass is 10.1. The van der Waals surface area contributed by atoms with Crippen LogP contribution in [0.4, 0.5) is 5.82 Å². The topological polar surface area (TPSA) is 64.9 Å². The van der Waals surface area contributed by atoms with Crippen LogP contribution in [-0.4, -0.2) is 33.0 Å². The molecule has 0 unspecified atom stereocenters. The van der Waals surface area contributed by atoms with E-state index in [4.69, 9.17) is 4.74 Å². The zero-order chi connectivity index (χ0) is 17.1. The number of para-hydroxylation sites is 1. The fourth-order valence-corrected chi connectivity index (χ4v) is 3.06. The Bertz CT molecular complexity index is 854. The summed E-state index contributed by atoms with van der Waals surface area (Å²) in [6.45, 7) is 4.32. The molecule has 0 amide bonds. The van der Waals surface area contributed by atoms with Crippen LogP contribution in [-0.2, 0) is 11.3 Å². The number of anilines is 1. The minimum Gasteiger partial charge on any atom is -0.381 e. The third-order valence-electron chi connectivity index (χ3n) is 4.51. The highest BCUT2D eigenvalue weighted by atomic mass is 16.5. The molecule has 0 aliphatic carbocycles. The summed E-state index contributed by atoms with van der Waals surface area (Å²) in [4.78, 5) is 8.70. The van der Waals surface area contributed by atoms with Gasteiger partial charge in [0.15, 0.2) is 0 Å². The molecule has 6 heteroatoms. The summed E-state index contributed by atoms with van der Waals surface area (Å²) in [5.74, 6) is 1.22. The lowest BCUT2D eigenvalue weighted by Crippen LogP contribution is -2.05. The lowest BCUT2D eigenvalue weighted by molar-refractivity contribution is 0.193. The molecule has 4 rings (SSSR count). The SMILES string of the molecule is Cc1ccccc1-n1cc(CNc2cc([C@@H]3CCOC3)ncn2)cn1. The summed E-state index contributed by atoms with van der Waals surface area (Å²) in [7, 11) is 0. The van der Waals surface area contributed by atoms with Crippen molar-refractivity contribution in [1.29, 1.82) is 0 Å². The van der Waals surface area contributed by atoms with Crippen LogP contribution >= 0.6 is 0 Å². The van der Waals surface area contributed by atoms with Crippen LogP contribution in [0.3, 0.4) is 0 Å². The zero-order valence-electron chi connectivity index (χ0n) is 14.2. The Morgan fingerprint density at radius 3 is 3.04 bits per heavy atom. The average Bonchev–Trinajstić information content (AvgIpc) is 3.33. The molecule has 2 aromatic heterocycles. The number of nitrogens with one attached hydrogen (secondary N) is 1. The molecular formula is C19H21N5O. The van der Waals surface area contributed by atoms with E-state index in [1.807, 2.05) is 35.3 Å². The molecule has 3 aromatic rings. The zero-order valence-corrected chi connectivity index (χ0v) is 14.2. The molecule has 0 saturated carbocycles. The molecule has 3 heterocycles. The predicted octanol–water partition coefficient (Wildman–Crippen LogP) is 3.09. The molecule has 1 aliphatic rings. The highest BCUT2D eigenvalue weighted by Gasteiger charge is 2.19. The van der Waals surface area contributed by atoms with Crippen molar-refractivity contribution in [3.05, 3.63) is 65.9 Å². The van der Waals surface area contributed by atoms with E-state index in [0.29, 0.717) is 12.5 Å². The van der Waals surface area contributed by atoms with Crippen molar-refractivity contribution in [2.75, 3.05) is 18.5 Å². The number of ether oxygens (including phenoxy) is 1. The monoisotopic (exact) mass is 335 g/mol. The highest BCUT2D eigenvalue weighted by molar-refractivity contribution is 5.40. The number of rotatable bonds is 5. The Balaban J connectivity index is 1.44. The molecule has 0 bridgehead atoms. The molecular weight excluding hydrogens is 314 g/mol.